The lowest BCUT2D eigenvalue weighted by Crippen LogP contribution is -1.93. The maximum atomic E-state index is 9.51. The second-order valence-electron chi connectivity index (χ2n) is 4.37. The summed E-state index contributed by atoms with van der Waals surface area (Å²) in [6.45, 7) is 3.59. The van der Waals surface area contributed by atoms with Crippen LogP contribution in [0.5, 0.6) is 11.5 Å². The molecule has 4 heteroatoms. The second-order valence-corrected chi connectivity index (χ2v) is 5.19. The highest BCUT2D eigenvalue weighted by molar-refractivity contribution is 6.31. The third-order valence-electron chi connectivity index (χ3n) is 2.79. The first-order valence-electron chi connectivity index (χ1n) is 5.89. The first-order chi connectivity index (χ1) is 8.97. The predicted molar refractivity (Wildman–Crippen MR) is 78.3 cm³/mol. The van der Waals surface area contributed by atoms with Gasteiger partial charge in [-0.1, -0.05) is 29.3 Å². The van der Waals surface area contributed by atoms with Gasteiger partial charge in [-0.25, -0.2) is 0 Å². The number of halogens is 2. The number of hydrogen-bond donors (Lipinski definition) is 1. The van der Waals surface area contributed by atoms with E-state index in [1.54, 1.807) is 37.3 Å². The Kier molecular flexibility index (Phi) is 4.35. The van der Waals surface area contributed by atoms with Crippen LogP contribution in [0.3, 0.4) is 0 Å². The van der Waals surface area contributed by atoms with Crippen LogP contribution in [0, 0.1) is 6.92 Å². The Hall–Kier alpha value is -1.22. The molecule has 2 aromatic rings. The van der Waals surface area contributed by atoms with E-state index < -0.39 is 6.10 Å². The summed E-state index contributed by atoms with van der Waals surface area (Å²) >= 11 is 12.0. The summed E-state index contributed by atoms with van der Waals surface area (Å²) in [5.41, 5.74) is 1.63. The zero-order chi connectivity index (χ0) is 14.0. The van der Waals surface area contributed by atoms with Crippen LogP contribution in [0.25, 0.3) is 0 Å². The number of aryl methyl sites for hydroxylation is 1. The lowest BCUT2D eigenvalue weighted by Gasteiger charge is -2.11. The van der Waals surface area contributed by atoms with Crippen LogP contribution in [0.4, 0.5) is 0 Å². The molecule has 0 heterocycles. The molecule has 1 unspecified atom stereocenters. The summed E-state index contributed by atoms with van der Waals surface area (Å²) in [6, 6.07) is 10.7. The van der Waals surface area contributed by atoms with Crippen molar-refractivity contribution < 1.29 is 9.84 Å². The Bertz CT molecular complexity index is 595. The summed E-state index contributed by atoms with van der Waals surface area (Å²) in [5, 5.41) is 10.7. The molecule has 0 fully saturated rings. The number of aliphatic hydroxyl groups excluding tert-OH is 1. The highest BCUT2D eigenvalue weighted by Gasteiger charge is 2.08. The maximum Gasteiger partial charge on any atom is 0.128 e. The smallest absolute Gasteiger partial charge is 0.128 e. The van der Waals surface area contributed by atoms with Gasteiger partial charge in [0.25, 0.3) is 0 Å². The van der Waals surface area contributed by atoms with Crippen molar-refractivity contribution in [1.82, 2.24) is 0 Å². The van der Waals surface area contributed by atoms with E-state index >= 15 is 0 Å². The molecule has 0 aliphatic carbocycles. The zero-order valence-corrected chi connectivity index (χ0v) is 12.2. The molecule has 1 atom stereocenters. The highest BCUT2D eigenvalue weighted by Crippen LogP contribution is 2.31. The molecule has 100 valence electrons. The van der Waals surface area contributed by atoms with Crippen molar-refractivity contribution >= 4 is 23.2 Å². The molecule has 1 N–H and O–H groups in total. The summed E-state index contributed by atoms with van der Waals surface area (Å²) in [6.07, 6.45) is -0.598. The van der Waals surface area contributed by atoms with E-state index in [2.05, 4.69) is 0 Å². The van der Waals surface area contributed by atoms with Gasteiger partial charge in [0.2, 0.25) is 0 Å². The minimum atomic E-state index is -0.598. The Balaban J connectivity index is 2.24. The van der Waals surface area contributed by atoms with E-state index in [1.807, 2.05) is 13.0 Å². The molecule has 0 aromatic heterocycles. The lowest BCUT2D eigenvalue weighted by atomic mass is 10.1. The van der Waals surface area contributed by atoms with Crippen LogP contribution in [0.2, 0.25) is 10.0 Å². The fourth-order valence-corrected chi connectivity index (χ4v) is 2.17. The van der Waals surface area contributed by atoms with E-state index in [1.165, 1.54) is 0 Å². The Morgan fingerprint density at radius 1 is 1.00 bits per heavy atom. The topological polar surface area (TPSA) is 29.5 Å². The normalized spacial score (nSPS) is 12.3. The van der Waals surface area contributed by atoms with Crippen molar-refractivity contribution in [2.24, 2.45) is 0 Å². The van der Waals surface area contributed by atoms with E-state index in [0.29, 0.717) is 27.1 Å². The molecule has 0 saturated heterocycles. The minimum absolute atomic E-state index is 0.484. The molecule has 0 amide bonds. The van der Waals surface area contributed by atoms with Crippen LogP contribution >= 0.6 is 23.2 Å². The van der Waals surface area contributed by atoms with Crippen LogP contribution < -0.4 is 4.74 Å². The van der Waals surface area contributed by atoms with E-state index in [0.717, 1.165) is 5.56 Å². The summed E-state index contributed by atoms with van der Waals surface area (Å²) in [5.74, 6) is 1.32. The van der Waals surface area contributed by atoms with Gasteiger partial charge in [0, 0.05) is 5.02 Å². The van der Waals surface area contributed by atoms with Gasteiger partial charge in [0.1, 0.15) is 11.5 Å². The van der Waals surface area contributed by atoms with Gasteiger partial charge in [-0.3, -0.25) is 0 Å². The van der Waals surface area contributed by atoms with Gasteiger partial charge in [-0.05, 0) is 55.3 Å². The van der Waals surface area contributed by atoms with E-state index in [4.69, 9.17) is 27.9 Å². The third-order valence-corrected chi connectivity index (χ3v) is 3.54. The molecular weight excluding hydrogens is 283 g/mol. The maximum absolute atomic E-state index is 9.51. The molecule has 0 radical (unpaired) electrons. The van der Waals surface area contributed by atoms with Crippen LogP contribution in [-0.4, -0.2) is 5.11 Å². The molecule has 0 saturated carbocycles. The van der Waals surface area contributed by atoms with Gasteiger partial charge < -0.3 is 9.84 Å². The Morgan fingerprint density at radius 3 is 2.21 bits per heavy atom. The summed E-state index contributed by atoms with van der Waals surface area (Å²) in [4.78, 5) is 0. The molecule has 0 spiro atoms. The summed E-state index contributed by atoms with van der Waals surface area (Å²) < 4.78 is 5.71. The molecule has 0 aliphatic heterocycles. The zero-order valence-electron chi connectivity index (χ0n) is 10.7. The number of ether oxygens (including phenoxy) is 1. The molecule has 2 aromatic carbocycles. The van der Waals surface area contributed by atoms with Gasteiger partial charge in [-0.15, -0.1) is 0 Å². The largest absolute Gasteiger partial charge is 0.457 e. The predicted octanol–water partition coefficient (Wildman–Crippen LogP) is 5.15. The minimum Gasteiger partial charge on any atom is -0.457 e. The molecule has 0 aliphatic rings. The van der Waals surface area contributed by atoms with Crippen molar-refractivity contribution in [2.45, 2.75) is 20.0 Å². The average molecular weight is 297 g/mol. The number of rotatable bonds is 3. The molecular formula is C15H14Cl2O2. The monoisotopic (exact) mass is 296 g/mol. The molecule has 19 heavy (non-hydrogen) atoms. The van der Waals surface area contributed by atoms with Crippen LogP contribution in [0.1, 0.15) is 24.2 Å². The van der Waals surface area contributed by atoms with E-state index in [9.17, 15) is 5.11 Å². The fourth-order valence-electron chi connectivity index (χ4n) is 1.73. The van der Waals surface area contributed by atoms with Crippen molar-refractivity contribution in [2.75, 3.05) is 0 Å². The Labute approximate surface area is 122 Å². The molecule has 0 bridgehead atoms. The average Bonchev–Trinajstić information content (AvgIpc) is 2.33. The van der Waals surface area contributed by atoms with E-state index in [-0.39, 0.29) is 0 Å². The standard InChI is InChI=1S/C15H14Cl2O2/c1-9-7-11(4-6-14(9)16)19-12-3-5-13(10(2)18)15(17)8-12/h3-8,10,18H,1-2H3. The molecule has 2 rings (SSSR count). The van der Waals surface area contributed by atoms with Gasteiger partial charge >= 0.3 is 0 Å². The van der Waals surface area contributed by atoms with Gasteiger partial charge in [0.15, 0.2) is 0 Å². The van der Waals surface area contributed by atoms with Crippen molar-refractivity contribution in [1.29, 1.82) is 0 Å². The lowest BCUT2D eigenvalue weighted by molar-refractivity contribution is 0.199. The first kappa shape index (κ1) is 14.2. The Morgan fingerprint density at radius 2 is 1.63 bits per heavy atom. The van der Waals surface area contributed by atoms with Crippen LogP contribution in [0.15, 0.2) is 36.4 Å². The third kappa shape index (κ3) is 3.41. The van der Waals surface area contributed by atoms with Crippen LogP contribution in [-0.2, 0) is 0 Å². The van der Waals surface area contributed by atoms with Gasteiger partial charge in [-0.2, -0.15) is 0 Å². The quantitative estimate of drug-likeness (QED) is 0.849. The van der Waals surface area contributed by atoms with Gasteiger partial charge in [0.05, 0.1) is 11.1 Å². The number of benzene rings is 2. The first-order valence-corrected chi connectivity index (χ1v) is 6.64. The number of hydrogen-bond acceptors (Lipinski definition) is 2. The SMILES string of the molecule is Cc1cc(Oc2ccc(C(C)O)c(Cl)c2)ccc1Cl. The van der Waals surface area contributed by atoms with Crippen molar-refractivity contribution in [3.8, 4) is 11.5 Å². The van der Waals surface area contributed by atoms with Crippen molar-refractivity contribution in [3.63, 3.8) is 0 Å². The fraction of sp³-hybridized carbons (Fsp3) is 0.200. The number of aliphatic hydroxyl groups is 1. The summed E-state index contributed by atoms with van der Waals surface area (Å²) in [7, 11) is 0. The molecule has 2 nitrogen and oxygen atoms in total. The van der Waals surface area contributed by atoms with Crippen molar-refractivity contribution in [3.05, 3.63) is 57.6 Å². The second kappa shape index (κ2) is 5.83. The highest BCUT2D eigenvalue weighted by atomic mass is 35.5.